The van der Waals surface area contributed by atoms with Gasteiger partial charge >= 0.3 is 6.03 Å². The third-order valence-corrected chi connectivity index (χ3v) is 3.56. The van der Waals surface area contributed by atoms with E-state index < -0.39 is 0 Å². The molecule has 7 nitrogen and oxygen atoms in total. The Labute approximate surface area is 140 Å². The Morgan fingerprint density at radius 1 is 1.29 bits per heavy atom. The summed E-state index contributed by atoms with van der Waals surface area (Å²) in [6, 6.07) is 10.7. The van der Waals surface area contributed by atoms with Crippen LogP contribution in [0.1, 0.15) is 5.69 Å². The molecule has 7 heteroatoms. The summed E-state index contributed by atoms with van der Waals surface area (Å²) in [6.45, 7) is 1.51. The highest BCUT2D eigenvalue weighted by atomic mass is 16.7. The van der Waals surface area contributed by atoms with Gasteiger partial charge in [0.25, 0.3) is 0 Å². The number of rotatable bonds is 6. The molecule has 0 spiro atoms. The molecule has 1 aromatic heterocycles. The number of hydrogen-bond acceptors (Lipinski definition) is 5. The molecule has 0 atom stereocenters. The first-order valence-electron chi connectivity index (χ1n) is 7.60. The van der Waals surface area contributed by atoms with Crippen LogP contribution in [0, 0.1) is 0 Å². The predicted octanol–water partition coefficient (Wildman–Crippen LogP) is 2.49. The van der Waals surface area contributed by atoms with Crippen LogP contribution in [-0.4, -0.2) is 43.0 Å². The maximum atomic E-state index is 12.6. The number of carbonyl (C=O) groups is 1. The van der Waals surface area contributed by atoms with Crippen molar-refractivity contribution in [3.05, 3.63) is 48.3 Å². The Morgan fingerprint density at radius 3 is 2.96 bits per heavy atom. The molecule has 0 saturated heterocycles. The van der Waals surface area contributed by atoms with Crippen LogP contribution < -0.4 is 14.8 Å². The molecule has 0 fully saturated rings. The van der Waals surface area contributed by atoms with E-state index in [0.717, 1.165) is 5.69 Å². The van der Waals surface area contributed by atoms with Gasteiger partial charge < -0.3 is 24.4 Å². The molecule has 126 valence electrons. The van der Waals surface area contributed by atoms with E-state index >= 15 is 0 Å². The summed E-state index contributed by atoms with van der Waals surface area (Å²) in [4.78, 5) is 18.5. The van der Waals surface area contributed by atoms with Crippen molar-refractivity contribution in [1.82, 2.24) is 9.88 Å². The lowest BCUT2D eigenvalue weighted by Crippen LogP contribution is -2.37. The van der Waals surface area contributed by atoms with E-state index in [9.17, 15) is 4.79 Å². The molecule has 1 aliphatic rings. The van der Waals surface area contributed by atoms with Crippen molar-refractivity contribution in [2.75, 3.05) is 32.4 Å². The Hall–Kier alpha value is -2.80. The molecular weight excluding hydrogens is 310 g/mol. The van der Waals surface area contributed by atoms with E-state index in [4.69, 9.17) is 14.2 Å². The summed E-state index contributed by atoms with van der Waals surface area (Å²) in [7, 11) is 1.61. The van der Waals surface area contributed by atoms with Crippen molar-refractivity contribution < 1.29 is 19.0 Å². The van der Waals surface area contributed by atoms with Gasteiger partial charge in [-0.1, -0.05) is 6.07 Å². The average molecular weight is 329 g/mol. The topological polar surface area (TPSA) is 72.9 Å². The highest BCUT2D eigenvalue weighted by Gasteiger charge is 2.17. The minimum Gasteiger partial charge on any atom is -0.454 e. The molecular formula is C17H19N3O4. The van der Waals surface area contributed by atoms with Crippen molar-refractivity contribution in [2.24, 2.45) is 0 Å². The van der Waals surface area contributed by atoms with E-state index in [2.05, 4.69) is 10.3 Å². The zero-order valence-electron chi connectivity index (χ0n) is 13.4. The van der Waals surface area contributed by atoms with Gasteiger partial charge in [-0.2, -0.15) is 0 Å². The van der Waals surface area contributed by atoms with Gasteiger partial charge in [0.15, 0.2) is 11.5 Å². The molecule has 2 amide bonds. The molecule has 0 bridgehead atoms. The lowest BCUT2D eigenvalue weighted by molar-refractivity contribution is 0.152. The largest absolute Gasteiger partial charge is 0.454 e. The standard InChI is InChI=1S/C17H19N3O4/c1-22-9-8-20(11-14-4-2-3-7-18-14)17(21)19-13-5-6-15-16(10-13)24-12-23-15/h2-7,10H,8-9,11-12H2,1H3,(H,19,21). The third kappa shape index (κ3) is 3.94. The summed E-state index contributed by atoms with van der Waals surface area (Å²) in [5.74, 6) is 1.30. The number of aromatic nitrogens is 1. The Kier molecular flexibility index (Phi) is 5.12. The molecule has 1 aromatic carbocycles. The van der Waals surface area contributed by atoms with E-state index in [1.54, 1.807) is 36.4 Å². The Bertz CT molecular complexity index is 693. The number of amides is 2. The summed E-state index contributed by atoms with van der Waals surface area (Å²) in [5.41, 5.74) is 1.46. The quantitative estimate of drug-likeness (QED) is 0.881. The molecule has 2 heterocycles. The number of fused-ring (bicyclic) bond motifs is 1. The summed E-state index contributed by atoms with van der Waals surface area (Å²) < 4.78 is 15.7. The van der Waals surface area contributed by atoms with Crippen molar-refractivity contribution >= 4 is 11.7 Å². The number of methoxy groups -OCH3 is 1. The molecule has 0 unspecified atom stereocenters. The summed E-state index contributed by atoms with van der Waals surface area (Å²) >= 11 is 0. The Balaban J connectivity index is 1.68. The van der Waals surface area contributed by atoms with Crippen LogP contribution in [0.15, 0.2) is 42.6 Å². The average Bonchev–Trinajstić information content (AvgIpc) is 3.07. The van der Waals surface area contributed by atoms with Crippen molar-refractivity contribution in [3.63, 3.8) is 0 Å². The number of nitrogens with one attached hydrogen (secondary N) is 1. The predicted molar refractivity (Wildman–Crippen MR) is 88.1 cm³/mol. The minimum absolute atomic E-state index is 0.201. The monoisotopic (exact) mass is 329 g/mol. The number of anilines is 1. The van der Waals surface area contributed by atoms with Crippen LogP contribution >= 0.6 is 0 Å². The van der Waals surface area contributed by atoms with Crippen LogP contribution in [0.4, 0.5) is 10.5 Å². The number of ether oxygens (including phenoxy) is 3. The van der Waals surface area contributed by atoms with Gasteiger partial charge in [-0.3, -0.25) is 4.98 Å². The lowest BCUT2D eigenvalue weighted by atomic mass is 10.3. The first kappa shape index (κ1) is 16.1. The zero-order valence-corrected chi connectivity index (χ0v) is 13.4. The van der Waals surface area contributed by atoms with Crippen LogP contribution in [0.25, 0.3) is 0 Å². The molecule has 0 saturated carbocycles. The maximum absolute atomic E-state index is 12.6. The second-order valence-electron chi connectivity index (χ2n) is 5.23. The maximum Gasteiger partial charge on any atom is 0.322 e. The van der Waals surface area contributed by atoms with Crippen LogP contribution in [0.3, 0.4) is 0 Å². The zero-order chi connectivity index (χ0) is 16.8. The fourth-order valence-corrected chi connectivity index (χ4v) is 2.32. The first-order valence-corrected chi connectivity index (χ1v) is 7.60. The number of pyridine rings is 1. The SMILES string of the molecule is COCCN(Cc1ccccn1)C(=O)Nc1ccc2c(c1)OCO2. The molecule has 3 rings (SSSR count). The van der Waals surface area contributed by atoms with Crippen LogP contribution in [0.2, 0.25) is 0 Å². The van der Waals surface area contributed by atoms with Gasteiger partial charge in [-0.15, -0.1) is 0 Å². The van der Waals surface area contributed by atoms with E-state index in [1.807, 2.05) is 18.2 Å². The van der Waals surface area contributed by atoms with E-state index in [1.165, 1.54) is 0 Å². The third-order valence-electron chi connectivity index (χ3n) is 3.56. The van der Waals surface area contributed by atoms with Crippen molar-refractivity contribution in [1.29, 1.82) is 0 Å². The number of carbonyl (C=O) groups excluding carboxylic acids is 1. The van der Waals surface area contributed by atoms with E-state index in [0.29, 0.717) is 36.9 Å². The highest BCUT2D eigenvalue weighted by molar-refractivity contribution is 5.89. The molecule has 2 aromatic rings. The van der Waals surface area contributed by atoms with E-state index in [-0.39, 0.29) is 12.8 Å². The fraction of sp³-hybridized carbons (Fsp3) is 0.294. The van der Waals surface area contributed by atoms with Gasteiger partial charge in [0.05, 0.1) is 18.8 Å². The van der Waals surface area contributed by atoms with Gasteiger partial charge in [0.2, 0.25) is 6.79 Å². The second-order valence-corrected chi connectivity index (χ2v) is 5.23. The van der Waals surface area contributed by atoms with Crippen molar-refractivity contribution in [2.45, 2.75) is 6.54 Å². The van der Waals surface area contributed by atoms with Gasteiger partial charge in [-0.25, -0.2) is 4.79 Å². The molecule has 24 heavy (non-hydrogen) atoms. The Morgan fingerprint density at radius 2 is 2.17 bits per heavy atom. The number of hydrogen-bond donors (Lipinski definition) is 1. The molecule has 1 aliphatic heterocycles. The summed E-state index contributed by atoms with van der Waals surface area (Å²) in [6.07, 6.45) is 1.71. The normalized spacial score (nSPS) is 12.0. The molecule has 1 N–H and O–H groups in total. The second kappa shape index (κ2) is 7.65. The van der Waals surface area contributed by atoms with Gasteiger partial charge in [0, 0.05) is 31.6 Å². The first-order chi connectivity index (χ1) is 11.8. The lowest BCUT2D eigenvalue weighted by Gasteiger charge is -2.22. The fourth-order valence-electron chi connectivity index (χ4n) is 2.32. The number of benzene rings is 1. The molecule has 0 aliphatic carbocycles. The summed E-state index contributed by atoms with van der Waals surface area (Å²) in [5, 5.41) is 2.87. The smallest absolute Gasteiger partial charge is 0.322 e. The van der Waals surface area contributed by atoms with Gasteiger partial charge in [-0.05, 0) is 24.3 Å². The molecule has 0 radical (unpaired) electrons. The van der Waals surface area contributed by atoms with Crippen LogP contribution in [-0.2, 0) is 11.3 Å². The number of nitrogens with zero attached hydrogens (tertiary/aromatic N) is 2. The van der Waals surface area contributed by atoms with Gasteiger partial charge in [0.1, 0.15) is 0 Å². The van der Waals surface area contributed by atoms with Crippen molar-refractivity contribution in [3.8, 4) is 11.5 Å². The number of urea groups is 1. The van der Waals surface area contributed by atoms with Crippen LogP contribution in [0.5, 0.6) is 11.5 Å². The highest BCUT2D eigenvalue weighted by Crippen LogP contribution is 2.34. The minimum atomic E-state index is -0.225.